The first kappa shape index (κ1) is 13.1. The maximum absolute atomic E-state index is 11.8. The smallest absolute Gasteiger partial charge is 0.166 e. The van der Waals surface area contributed by atoms with Gasteiger partial charge in [0.15, 0.2) is 5.78 Å². The van der Waals surface area contributed by atoms with Crippen LogP contribution < -0.4 is 4.90 Å². The average Bonchev–Trinajstić information content (AvgIpc) is 2.41. The molecule has 1 aliphatic heterocycles. The van der Waals surface area contributed by atoms with Crippen LogP contribution in [0, 0.1) is 0 Å². The number of carbonyl (C=O) groups excluding carboxylic acids is 1. The van der Waals surface area contributed by atoms with Crippen molar-refractivity contribution in [2.75, 3.05) is 44.9 Å². The van der Waals surface area contributed by atoms with E-state index in [0.29, 0.717) is 26.2 Å². The van der Waals surface area contributed by atoms with Crippen LogP contribution in [-0.2, 0) is 9.47 Å². The van der Waals surface area contributed by atoms with Gasteiger partial charge in [-0.3, -0.25) is 4.79 Å². The minimum atomic E-state index is 0.238. The van der Waals surface area contributed by atoms with E-state index in [1.165, 1.54) is 0 Å². The van der Waals surface area contributed by atoms with E-state index in [1.807, 2.05) is 24.3 Å². The van der Waals surface area contributed by atoms with Crippen molar-refractivity contribution in [2.45, 2.75) is 6.42 Å². The number of ether oxygens (including phenoxy) is 2. The molecule has 0 N–H and O–H groups in total. The van der Waals surface area contributed by atoms with E-state index in [9.17, 15) is 4.79 Å². The van der Waals surface area contributed by atoms with E-state index in [0.717, 1.165) is 24.3 Å². The van der Waals surface area contributed by atoms with Crippen LogP contribution >= 0.6 is 0 Å². The van der Waals surface area contributed by atoms with Crippen LogP contribution in [0.5, 0.6) is 0 Å². The predicted molar refractivity (Wildman–Crippen MR) is 70.3 cm³/mol. The maximum Gasteiger partial charge on any atom is 0.166 e. The molecule has 0 saturated carbocycles. The van der Waals surface area contributed by atoms with Crippen LogP contribution in [0.1, 0.15) is 16.8 Å². The van der Waals surface area contributed by atoms with Crippen molar-refractivity contribution in [2.24, 2.45) is 0 Å². The van der Waals surface area contributed by atoms with Crippen molar-refractivity contribution in [1.82, 2.24) is 0 Å². The second kappa shape index (κ2) is 6.52. The van der Waals surface area contributed by atoms with Crippen LogP contribution in [0.25, 0.3) is 0 Å². The highest BCUT2D eigenvalue weighted by molar-refractivity contribution is 6.03. The van der Waals surface area contributed by atoms with E-state index in [2.05, 4.69) is 4.90 Å². The zero-order chi connectivity index (χ0) is 12.8. The third-order valence-corrected chi connectivity index (χ3v) is 3.09. The lowest BCUT2D eigenvalue weighted by molar-refractivity contribution is 0.0737. The highest BCUT2D eigenvalue weighted by Crippen LogP contribution is 2.26. The molecular formula is C14H19NO3. The number of benzene rings is 1. The summed E-state index contributed by atoms with van der Waals surface area (Å²) >= 11 is 0. The summed E-state index contributed by atoms with van der Waals surface area (Å²) in [5, 5.41) is 0. The topological polar surface area (TPSA) is 38.8 Å². The Morgan fingerprint density at radius 2 is 2.06 bits per heavy atom. The first-order chi connectivity index (χ1) is 8.83. The number of anilines is 1. The first-order valence-corrected chi connectivity index (χ1v) is 6.27. The molecule has 0 aromatic heterocycles. The van der Waals surface area contributed by atoms with Crippen LogP contribution in [0.2, 0.25) is 0 Å². The quantitative estimate of drug-likeness (QED) is 0.720. The molecule has 1 aromatic rings. The Morgan fingerprint density at radius 3 is 2.89 bits per heavy atom. The van der Waals surface area contributed by atoms with Gasteiger partial charge in [0.05, 0.1) is 19.8 Å². The number of ketones is 1. The summed E-state index contributed by atoms with van der Waals surface area (Å²) in [5.74, 6) is 0.238. The molecule has 4 nitrogen and oxygen atoms in total. The van der Waals surface area contributed by atoms with Gasteiger partial charge in [-0.1, -0.05) is 12.1 Å². The largest absolute Gasteiger partial charge is 0.382 e. The molecule has 0 aliphatic carbocycles. The summed E-state index contributed by atoms with van der Waals surface area (Å²) in [6.45, 7) is 3.49. The molecule has 18 heavy (non-hydrogen) atoms. The fraction of sp³-hybridized carbons (Fsp3) is 0.500. The molecule has 0 radical (unpaired) electrons. The van der Waals surface area contributed by atoms with Crippen LogP contribution in [0.15, 0.2) is 24.3 Å². The van der Waals surface area contributed by atoms with Gasteiger partial charge in [-0.25, -0.2) is 0 Å². The van der Waals surface area contributed by atoms with Crippen molar-refractivity contribution in [3.05, 3.63) is 29.8 Å². The molecule has 0 saturated heterocycles. The number of rotatable bonds is 6. The molecule has 0 amide bonds. The third kappa shape index (κ3) is 3.09. The summed E-state index contributed by atoms with van der Waals surface area (Å²) in [6.07, 6.45) is 0.592. The summed E-state index contributed by atoms with van der Waals surface area (Å²) < 4.78 is 10.4. The number of hydrogen-bond donors (Lipinski definition) is 0. The van der Waals surface area contributed by atoms with Gasteiger partial charge in [0.25, 0.3) is 0 Å². The number of fused-ring (bicyclic) bond motifs is 1. The minimum Gasteiger partial charge on any atom is -0.382 e. The van der Waals surface area contributed by atoms with Gasteiger partial charge in [0.2, 0.25) is 0 Å². The first-order valence-electron chi connectivity index (χ1n) is 6.27. The highest BCUT2D eigenvalue weighted by atomic mass is 16.5. The standard InChI is InChI=1S/C14H19NO3/c1-17-10-11-18-9-8-15-7-6-14(16)12-4-2-3-5-13(12)15/h2-5H,6-11H2,1H3. The van der Waals surface area contributed by atoms with Crippen LogP contribution in [-0.4, -0.2) is 45.8 Å². The predicted octanol–water partition coefficient (Wildman–Crippen LogP) is 1.74. The zero-order valence-corrected chi connectivity index (χ0v) is 10.7. The Kier molecular flexibility index (Phi) is 4.73. The Morgan fingerprint density at radius 1 is 1.22 bits per heavy atom. The van der Waals surface area contributed by atoms with Gasteiger partial charge >= 0.3 is 0 Å². The summed E-state index contributed by atoms with van der Waals surface area (Å²) in [7, 11) is 1.66. The molecule has 98 valence electrons. The van der Waals surface area contributed by atoms with E-state index in [4.69, 9.17) is 9.47 Å². The Bertz CT molecular complexity index is 406. The zero-order valence-electron chi connectivity index (χ0n) is 10.7. The fourth-order valence-corrected chi connectivity index (χ4v) is 2.13. The third-order valence-electron chi connectivity index (χ3n) is 3.09. The molecule has 1 heterocycles. The van der Waals surface area contributed by atoms with Crippen molar-refractivity contribution < 1.29 is 14.3 Å². The summed E-state index contributed by atoms with van der Waals surface area (Å²) in [5.41, 5.74) is 1.87. The number of Topliss-reactive ketones (excluding diaryl/α,β-unsaturated/α-hetero) is 1. The number of carbonyl (C=O) groups is 1. The van der Waals surface area contributed by atoms with E-state index in [-0.39, 0.29) is 5.78 Å². The molecule has 1 aliphatic rings. The van der Waals surface area contributed by atoms with Gasteiger partial charge < -0.3 is 14.4 Å². The number of nitrogens with zero attached hydrogens (tertiary/aromatic N) is 1. The molecule has 0 bridgehead atoms. The monoisotopic (exact) mass is 249 g/mol. The average molecular weight is 249 g/mol. The highest BCUT2D eigenvalue weighted by Gasteiger charge is 2.21. The number of methoxy groups -OCH3 is 1. The van der Waals surface area contributed by atoms with Crippen molar-refractivity contribution in [3.63, 3.8) is 0 Å². The molecule has 2 rings (SSSR count). The SMILES string of the molecule is COCCOCCN1CCC(=O)c2ccccc21. The maximum atomic E-state index is 11.8. The molecule has 0 fully saturated rings. The minimum absolute atomic E-state index is 0.238. The molecule has 1 aromatic carbocycles. The van der Waals surface area contributed by atoms with E-state index >= 15 is 0 Å². The van der Waals surface area contributed by atoms with Crippen molar-refractivity contribution >= 4 is 11.5 Å². The second-order valence-electron chi connectivity index (χ2n) is 4.28. The van der Waals surface area contributed by atoms with Crippen LogP contribution in [0.3, 0.4) is 0 Å². The Balaban J connectivity index is 1.91. The van der Waals surface area contributed by atoms with Crippen molar-refractivity contribution in [3.8, 4) is 0 Å². The molecule has 0 unspecified atom stereocenters. The van der Waals surface area contributed by atoms with E-state index < -0.39 is 0 Å². The lowest BCUT2D eigenvalue weighted by Gasteiger charge is -2.30. The second-order valence-corrected chi connectivity index (χ2v) is 4.28. The Labute approximate surface area is 107 Å². The lowest BCUT2D eigenvalue weighted by atomic mass is 10.0. The molecule has 4 heteroatoms. The van der Waals surface area contributed by atoms with E-state index in [1.54, 1.807) is 7.11 Å². The van der Waals surface area contributed by atoms with Gasteiger partial charge in [-0.15, -0.1) is 0 Å². The van der Waals surface area contributed by atoms with Gasteiger partial charge in [-0.2, -0.15) is 0 Å². The number of para-hydroxylation sites is 1. The van der Waals surface area contributed by atoms with Crippen LogP contribution in [0.4, 0.5) is 5.69 Å². The van der Waals surface area contributed by atoms with Gasteiger partial charge in [0.1, 0.15) is 0 Å². The van der Waals surface area contributed by atoms with Gasteiger partial charge in [-0.05, 0) is 12.1 Å². The number of hydrogen-bond acceptors (Lipinski definition) is 4. The molecular weight excluding hydrogens is 230 g/mol. The Hall–Kier alpha value is -1.39. The summed E-state index contributed by atoms with van der Waals surface area (Å²) in [4.78, 5) is 14.0. The normalized spacial score (nSPS) is 14.7. The molecule has 0 atom stereocenters. The lowest BCUT2D eigenvalue weighted by Crippen LogP contribution is -2.34. The summed E-state index contributed by atoms with van der Waals surface area (Å²) in [6, 6.07) is 7.78. The molecule has 0 spiro atoms. The van der Waals surface area contributed by atoms with Gasteiger partial charge in [0, 0.05) is 37.9 Å². The van der Waals surface area contributed by atoms with Crippen molar-refractivity contribution in [1.29, 1.82) is 0 Å². The fourth-order valence-electron chi connectivity index (χ4n) is 2.13.